The van der Waals surface area contributed by atoms with E-state index in [9.17, 15) is 4.79 Å². The molecule has 0 spiro atoms. The average molecular weight is 224 g/mol. The number of hydrogen-bond acceptors (Lipinski definition) is 3. The number of aryl methyl sites for hydroxylation is 1. The SMILES string of the molecule is CC.CCOC(=O)c1cc(C2CC2)nn1C. The molecule has 4 heteroatoms. The van der Waals surface area contributed by atoms with Crippen molar-refractivity contribution in [2.24, 2.45) is 7.05 Å². The first-order valence-corrected chi connectivity index (χ1v) is 5.93. The molecule has 1 saturated carbocycles. The summed E-state index contributed by atoms with van der Waals surface area (Å²) < 4.78 is 6.53. The first-order valence-electron chi connectivity index (χ1n) is 5.93. The summed E-state index contributed by atoms with van der Waals surface area (Å²) in [4.78, 5) is 11.4. The molecule has 4 nitrogen and oxygen atoms in total. The first-order chi connectivity index (χ1) is 7.72. The van der Waals surface area contributed by atoms with Gasteiger partial charge in [-0.15, -0.1) is 0 Å². The minimum Gasteiger partial charge on any atom is -0.461 e. The molecule has 0 saturated heterocycles. The number of aromatic nitrogens is 2. The van der Waals surface area contributed by atoms with Gasteiger partial charge in [-0.1, -0.05) is 13.8 Å². The van der Waals surface area contributed by atoms with E-state index in [0.29, 0.717) is 18.2 Å². The van der Waals surface area contributed by atoms with Crippen LogP contribution in [-0.4, -0.2) is 22.4 Å². The minimum absolute atomic E-state index is 0.283. The Bertz CT molecular complexity index is 354. The van der Waals surface area contributed by atoms with Gasteiger partial charge in [0.2, 0.25) is 0 Å². The van der Waals surface area contributed by atoms with Crippen LogP contribution in [0.5, 0.6) is 0 Å². The average Bonchev–Trinajstić information content (AvgIpc) is 3.06. The summed E-state index contributed by atoms with van der Waals surface area (Å²) in [6.07, 6.45) is 2.39. The molecule has 0 aliphatic heterocycles. The minimum atomic E-state index is -0.283. The normalized spacial score (nSPS) is 14.0. The Balaban J connectivity index is 0.000000606. The summed E-state index contributed by atoms with van der Waals surface area (Å²) in [6.45, 7) is 6.21. The van der Waals surface area contributed by atoms with E-state index < -0.39 is 0 Å². The Morgan fingerprint density at radius 3 is 2.69 bits per heavy atom. The molecule has 0 N–H and O–H groups in total. The Kier molecular flexibility index (Phi) is 4.52. The van der Waals surface area contributed by atoms with Crippen LogP contribution in [0.1, 0.15) is 55.7 Å². The first kappa shape index (κ1) is 12.7. The van der Waals surface area contributed by atoms with Crippen LogP contribution in [-0.2, 0) is 11.8 Å². The van der Waals surface area contributed by atoms with E-state index in [1.165, 1.54) is 12.8 Å². The van der Waals surface area contributed by atoms with E-state index in [2.05, 4.69) is 5.10 Å². The number of carbonyl (C=O) groups is 1. The van der Waals surface area contributed by atoms with E-state index in [1.54, 1.807) is 18.7 Å². The molecule has 2 rings (SSSR count). The third kappa shape index (κ3) is 2.84. The molecule has 90 valence electrons. The summed E-state index contributed by atoms with van der Waals surface area (Å²) in [5.74, 6) is 0.291. The predicted octanol–water partition coefficient (Wildman–Crippen LogP) is 2.50. The molecular weight excluding hydrogens is 204 g/mol. The summed E-state index contributed by atoms with van der Waals surface area (Å²) in [7, 11) is 1.78. The molecule has 1 heterocycles. The van der Waals surface area contributed by atoms with Gasteiger partial charge < -0.3 is 4.74 Å². The summed E-state index contributed by atoms with van der Waals surface area (Å²) in [5, 5.41) is 4.29. The van der Waals surface area contributed by atoms with Gasteiger partial charge in [0.05, 0.1) is 12.3 Å². The van der Waals surface area contributed by atoms with Crippen molar-refractivity contribution in [3.8, 4) is 0 Å². The monoisotopic (exact) mass is 224 g/mol. The van der Waals surface area contributed by atoms with Crippen LogP contribution >= 0.6 is 0 Å². The maximum Gasteiger partial charge on any atom is 0.356 e. The van der Waals surface area contributed by atoms with E-state index in [1.807, 2.05) is 19.9 Å². The van der Waals surface area contributed by atoms with Crippen molar-refractivity contribution in [2.75, 3.05) is 6.61 Å². The molecule has 0 aromatic carbocycles. The highest BCUT2D eigenvalue weighted by Crippen LogP contribution is 2.39. The van der Waals surface area contributed by atoms with Gasteiger partial charge in [0.25, 0.3) is 0 Å². The number of rotatable bonds is 3. The Labute approximate surface area is 96.6 Å². The maximum atomic E-state index is 11.4. The largest absolute Gasteiger partial charge is 0.461 e. The molecule has 0 radical (unpaired) electrons. The van der Waals surface area contributed by atoms with E-state index in [4.69, 9.17) is 4.74 Å². The molecule has 0 bridgehead atoms. The molecule has 1 fully saturated rings. The second-order valence-corrected chi connectivity index (χ2v) is 3.57. The zero-order chi connectivity index (χ0) is 12.1. The molecule has 1 aliphatic rings. The van der Waals surface area contributed by atoms with Crippen LogP contribution in [0.4, 0.5) is 0 Å². The maximum absolute atomic E-state index is 11.4. The highest BCUT2D eigenvalue weighted by molar-refractivity contribution is 5.87. The van der Waals surface area contributed by atoms with Crippen molar-refractivity contribution in [1.29, 1.82) is 0 Å². The lowest BCUT2D eigenvalue weighted by atomic mass is 10.3. The van der Waals surface area contributed by atoms with Gasteiger partial charge in [-0.05, 0) is 25.8 Å². The fourth-order valence-electron chi connectivity index (χ4n) is 1.46. The van der Waals surface area contributed by atoms with Crippen molar-refractivity contribution in [1.82, 2.24) is 9.78 Å². The second kappa shape index (κ2) is 5.68. The van der Waals surface area contributed by atoms with Crippen LogP contribution < -0.4 is 0 Å². The van der Waals surface area contributed by atoms with Gasteiger partial charge in [0.1, 0.15) is 5.69 Å². The number of ether oxygens (including phenoxy) is 1. The zero-order valence-corrected chi connectivity index (χ0v) is 10.5. The second-order valence-electron chi connectivity index (χ2n) is 3.57. The van der Waals surface area contributed by atoms with Gasteiger partial charge in [-0.3, -0.25) is 4.68 Å². The molecule has 1 aliphatic carbocycles. The third-order valence-corrected chi connectivity index (χ3v) is 2.38. The highest BCUT2D eigenvalue weighted by Gasteiger charge is 2.28. The van der Waals surface area contributed by atoms with Crippen LogP contribution in [0.25, 0.3) is 0 Å². The molecule has 1 aromatic heterocycles. The fraction of sp³-hybridized carbons (Fsp3) is 0.667. The molecular formula is C12H20N2O2. The number of hydrogen-bond donors (Lipinski definition) is 0. The van der Waals surface area contributed by atoms with Crippen LogP contribution in [0.3, 0.4) is 0 Å². The fourth-order valence-corrected chi connectivity index (χ4v) is 1.46. The van der Waals surface area contributed by atoms with Crippen molar-refractivity contribution < 1.29 is 9.53 Å². The lowest BCUT2D eigenvalue weighted by Gasteiger charge is -2.00. The smallest absolute Gasteiger partial charge is 0.356 e. The van der Waals surface area contributed by atoms with Gasteiger partial charge in [-0.25, -0.2) is 4.79 Å². The van der Waals surface area contributed by atoms with Crippen LogP contribution in [0.15, 0.2) is 6.07 Å². The van der Waals surface area contributed by atoms with Crippen LogP contribution in [0.2, 0.25) is 0 Å². The predicted molar refractivity (Wildman–Crippen MR) is 62.5 cm³/mol. The number of esters is 1. The van der Waals surface area contributed by atoms with Gasteiger partial charge >= 0.3 is 5.97 Å². The number of nitrogens with zero attached hydrogens (tertiary/aromatic N) is 2. The quantitative estimate of drug-likeness (QED) is 0.741. The molecule has 0 amide bonds. The summed E-state index contributed by atoms with van der Waals surface area (Å²) >= 11 is 0. The van der Waals surface area contributed by atoms with Crippen molar-refractivity contribution in [2.45, 2.75) is 39.5 Å². The van der Waals surface area contributed by atoms with Crippen molar-refractivity contribution >= 4 is 5.97 Å². The van der Waals surface area contributed by atoms with Gasteiger partial charge in [0, 0.05) is 13.0 Å². The van der Waals surface area contributed by atoms with Crippen LogP contribution in [0, 0.1) is 0 Å². The molecule has 0 atom stereocenters. The Morgan fingerprint density at radius 1 is 1.56 bits per heavy atom. The summed E-state index contributed by atoms with van der Waals surface area (Å²) in [5.41, 5.74) is 1.57. The lowest BCUT2D eigenvalue weighted by molar-refractivity contribution is 0.0513. The van der Waals surface area contributed by atoms with E-state index in [-0.39, 0.29) is 5.97 Å². The lowest BCUT2D eigenvalue weighted by Crippen LogP contribution is -2.10. The molecule has 16 heavy (non-hydrogen) atoms. The van der Waals surface area contributed by atoms with Gasteiger partial charge in [0.15, 0.2) is 0 Å². The Hall–Kier alpha value is -1.32. The van der Waals surface area contributed by atoms with Crippen molar-refractivity contribution in [3.05, 3.63) is 17.5 Å². The van der Waals surface area contributed by atoms with Crippen molar-refractivity contribution in [3.63, 3.8) is 0 Å². The van der Waals surface area contributed by atoms with Gasteiger partial charge in [-0.2, -0.15) is 5.10 Å². The topological polar surface area (TPSA) is 44.1 Å². The number of carbonyl (C=O) groups excluding carboxylic acids is 1. The van der Waals surface area contributed by atoms with E-state index >= 15 is 0 Å². The highest BCUT2D eigenvalue weighted by atomic mass is 16.5. The van der Waals surface area contributed by atoms with E-state index in [0.717, 1.165) is 5.69 Å². The molecule has 0 unspecified atom stereocenters. The molecule has 1 aromatic rings. The third-order valence-electron chi connectivity index (χ3n) is 2.38. The Morgan fingerprint density at radius 2 is 2.19 bits per heavy atom. The standard InChI is InChI=1S/C10H14N2O2.C2H6/c1-3-14-10(13)9-6-8(7-4-5-7)11-12(9)2;1-2/h6-7H,3-5H2,1-2H3;1-2H3. The zero-order valence-electron chi connectivity index (χ0n) is 10.5. The summed E-state index contributed by atoms with van der Waals surface area (Å²) in [6, 6.07) is 1.84.